The van der Waals surface area contributed by atoms with E-state index in [1.54, 1.807) is 0 Å². The highest BCUT2D eigenvalue weighted by Crippen LogP contribution is 2.02. The minimum atomic E-state index is -0.0739. The summed E-state index contributed by atoms with van der Waals surface area (Å²) < 4.78 is 0. The summed E-state index contributed by atoms with van der Waals surface area (Å²) >= 11 is 4.76. The number of hydrazone groups is 1. The van der Waals surface area contributed by atoms with Crippen LogP contribution in [0.2, 0.25) is 0 Å². The Morgan fingerprint density at radius 3 is 2.26 bits per heavy atom. The van der Waals surface area contributed by atoms with Gasteiger partial charge >= 0.3 is 0 Å². The lowest BCUT2D eigenvalue weighted by atomic mass is 10.1. The standard InChI is InChI=1S/C17H18N4OS/c18-17(23)21-20-15(14-9-5-2-6-10-14)12-19-16(22)11-13-7-3-1-4-8-13/h1-10H,11-12H2,(H,19,22)(H3,18,21,23). The fourth-order valence-electron chi connectivity index (χ4n) is 1.99. The Morgan fingerprint density at radius 1 is 1.04 bits per heavy atom. The van der Waals surface area contributed by atoms with Gasteiger partial charge in [0.1, 0.15) is 0 Å². The Morgan fingerprint density at radius 2 is 1.65 bits per heavy atom. The van der Waals surface area contributed by atoms with Crippen LogP contribution in [0.25, 0.3) is 0 Å². The average Bonchev–Trinajstić information content (AvgIpc) is 2.56. The molecule has 0 atom stereocenters. The molecule has 0 heterocycles. The molecule has 0 saturated carbocycles. The molecule has 118 valence electrons. The normalized spacial score (nSPS) is 10.9. The number of rotatable bonds is 6. The van der Waals surface area contributed by atoms with E-state index in [0.717, 1.165) is 11.1 Å². The van der Waals surface area contributed by atoms with Gasteiger partial charge in [-0.1, -0.05) is 60.7 Å². The molecule has 0 unspecified atom stereocenters. The highest BCUT2D eigenvalue weighted by molar-refractivity contribution is 7.80. The molecule has 4 N–H and O–H groups in total. The first-order chi connectivity index (χ1) is 11.1. The predicted octanol–water partition coefficient (Wildman–Crippen LogP) is 1.58. The van der Waals surface area contributed by atoms with E-state index in [1.807, 2.05) is 60.7 Å². The van der Waals surface area contributed by atoms with Crippen LogP contribution in [0.3, 0.4) is 0 Å². The van der Waals surface area contributed by atoms with Crippen molar-refractivity contribution in [1.29, 1.82) is 0 Å². The molecule has 0 radical (unpaired) electrons. The Hall–Kier alpha value is -2.73. The summed E-state index contributed by atoms with van der Waals surface area (Å²) in [7, 11) is 0. The summed E-state index contributed by atoms with van der Waals surface area (Å²) in [6, 6.07) is 19.1. The molecule has 0 spiro atoms. The molecule has 1 amide bonds. The Balaban J connectivity index is 1.99. The highest BCUT2D eigenvalue weighted by Gasteiger charge is 2.07. The first-order valence-electron chi connectivity index (χ1n) is 7.13. The number of amides is 1. The van der Waals surface area contributed by atoms with Crippen LogP contribution in [-0.4, -0.2) is 23.3 Å². The number of thiocarbonyl (C=S) groups is 1. The zero-order chi connectivity index (χ0) is 16.5. The number of nitrogens with zero attached hydrogens (tertiary/aromatic N) is 1. The molecule has 6 heteroatoms. The number of hydrogen-bond donors (Lipinski definition) is 3. The van der Waals surface area contributed by atoms with E-state index in [1.165, 1.54) is 0 Å². The third-order valence-corrected chi connectivity index (χ3v) is 3.16. The minimum Gasteiger partial charge on any atom is -0.375 e. The van der Waals surface area contributed by atoms with Crippen molar-refractivity contribution in [3.8, 4) is 0 Å². The lowest BCUT2D eigenvalue weighted by molar-refractivity contribution is -0.120. The van der Waals surface area contributed by atoms with Gasteiger partial charge in [0.15, 0.2) is 5.11 Å². The summed E-state index contributed by atoms with van der Waals surface area (Å²) in [6.45, 7) is 0.283. The fraction of sp³-hybridized carbons (Fsp3) is 0.118. The molecular formula is C17H18N4OS. The van der Waals surface area contributed by atoms with Crippen molar-refractivity contribution in [2.45, 2.75) is 6.42 Å². The minimum absolute atomic E-state index is 0.0739. The first-order valence-corrected chi connectivity index (χ1v) is 7.54. The number of carbonyl (C=O) groups is 1. The highest BCUT2D eigenvalue weighted by atomic mass is 32.1. The number of nitrogens with one attached hydrogen (secondary N) is 2. The Bertz CT molecular complexity index is 686. The van der Waals surface area contributed by atoms with Gasteiger partial charge in [0, 0.05) is 0 Å². The second-order valence-electron chi connectivity index (χ2n) is 4.84. The summed E-state index contributed by atoms with van der Waals surface area (Å²) in [5, 5.41) is 7.10. The second-order valence-corrected chi connectivity index (χ2v) is 5.28. The number of benzene rings is 2. The maximum atomic E-state index is 12.0. The SMILES string of the molecule is NC(=S)NN=C(CNC(=O)Cc1ccccc1)c1ccccc1. The van der Waals surface area contributed by atoms with Crippen LogP contribution >= 0.6 is 12.2 Å². The van der Waals surface area contributed by atoms with E-state index in [4.69, 9.17) is 18.0 Å². The van der Waals surface area contributed by atoms with Crippen molar-refractivity contribution in [2.24, 2.45) is 10.8 Å². The Labute approximate surface area is 140 Å². The predicted molar refractivity (Wildman–Crippen MR) is 96.1 cm³/mol. The van der Waals surface area contributed by atoms with Gasteiger partial charge in [-0.05, 0) is 23.3 Å². The van der Waals surface area contributed by atoms with Crippen LogP contribution in [-0.2, 0) is 11.2 Å². The molecule has 0 aromatic heterocycles. The zero-order valence-electron chi connectivity index (χ0n) is 12.5. The van der Waals surface area contributed by atoms with Gasteiger partial charge in [0.25, 0.3) is 0 Å². The zero-order valence-corrected chi connectivity index (χ0v) is 13.3. The van der Waals surface area contributed by atoms with Crippen molar-refractivity contribution in [3.63, 3.8) is 0 Å². The molecule has 23 heavy (non-hydrogen) atoms. The van der Waals surface area contributed by atoms with E-state index in [-0.39, 0.29) is 17.6 Å². The molecule has 2 rings (SSSR count). The molecule has 0 saturated heterocycles. The molecule has 0 bridgehead atoms. The number of nitrogens with two attached hydrogens (primary N) is 1. The topological polar surface area (TPSA) is 79.5 Å². The van der Waals surface area contributed by atoms with Gasteiger partial charge in [-0.25, -0.2) is 0 Å². The quantitative estimate of drug-likeness (QED) is 0.428. The molecule has 0 aliphatic rings. The molecule has 2 aromatic rings. The van der Waals surface area contributed by atoms with Crippen molar-refractivity contribution in [2.75, 3.05) is 6.54 Å². The fourth-order valence-corrected chi connectivity index (χ4v) is 2.03. The van der Waals surface area contributed by atoms with Crippen LogP contribution in [0.5, 0.6) is 0 Å². The monoisotopic (exact) mass is 326 g/mol. The molecule has 5 nitrogen and oxygen atoms in total. The summed E-state index contributed by atoms with van der Waals surface area (Å²) in [6.07, 6.45) is 0.325. The van der Waals surface area contributed by atoms with E-state index in [2.05, 4.69) is 15.8 Å². The summed E-state index contributed by atoms with van der Waals surface area (Å²) in [4.78, 5) is 12.0. The lowest BCUT2D eigenvalue weighted by Gasteiger charge is -2.09. The van der Waals surface area contributed by atoms with Gasteiger partial charge in [0.2, 0.25) is 5.91 Å². The number of carbonyl (C=O) groups excluding carboxylic acids is 1. The van der Waals surface area contributed by atoms with Crippen LogP contribution < -0.4 is 16.5 Å². The van der Waals surface area contributed by atoms with Gasteiger partial charge in [-0.2, -0.15) is 5.10 Å². The molecule has 0 aliphatic heterocycles. The van der Waals surface area contributed by atoms with E-state index in [9.17, 15) is 4.79 Å². The van der Waals surface area contributed by atoms with Crippen LogP contribution in [0.4, 0.5) is 0 Å². The van der Waals surface area contributed by atoms with E-state index >= 15 is 0 Å². The van der Waals surface area contributed by atoms with Crippen molar-refractivity contribution >= 4 is 28.9 Å². The van der Waals surface area contributed by atoms with Crippen molar-refractivity contribution < 1.29 is 4.79 Å². The third-order valence-electron chi connectivity index (χ3n) is 3.07. The van der Waals surface area contributed by atoms with Crippen LogP contribution in [0.1, 0.15) is 11.1 Å². The second kappa shape index (κ2) is 8.65. The van der Waals surface area contributed by atoms with E-state index in [0.29, 0.717) is 12.1 Å². The van der Waals surface area contributed by atoms with Crippen LogP contribution in [0, 0.1) is 0 Å². The van der Waals surface area contributed by atoms with Crippen LogP contribution in [0.15, 0.2) is 65.8 Å². The maximum Gasteiger partial charge on any atom is 0.224 e. The van der Waals surface area contributed by atoms with Crippen molar-refractivity contribution in [1.82, 2.24) is 10.7 Å². The largest absolute Gasteiger partial charge is 0.375 e. The molecule has 0 aliphatic carbocycles. The van der Waals surface area contributed by atoms with Gasteiger partial charge < -0.3 is 11.1 Å². The van der Waals surface area contributed by atoms with Gasteiger partial charge in [0.05, 0.1) is 18.7 Å². The Kier molecular flexibility index (Phi) is 6.26. The van der Waals surface area contributed by atoms with Crippen molar-refractivity contribution in [3.05, 3.63) is 71.8 Å². The molecular weight excluding hydrogens is 308 g/mol. The van der Waals surface area contributed by atoms with Gasteiger partial charge in [-0.3, -0.25) is 10.2 Å². The lowest BCUT2D eigenvalue weighted by Crippen LogP contribution is -2.33. The molecule has 2 aromatic carbocycles. The third kappa shape index (κ3) is 5.88. The first kappa shape index (κ1) is 16.6. The molecule has 0 fully saturated rings. The van der Waals surface area contributed by atoms with Gasteiger partial charge in [-0.15, -0.1) is 0 Å². The average molecular weight is 326 g/mol. The maximum absolute atomic E-state index is 12.0. The number of hydrogen-bond acceptors (Lipinski definition) is 3. The van der Waals surface area contributed by atoms with E-state index < -0.39 is 0 Å². The summed E-state index contributed by atoms with van der Waals surface area (Å²) in [5.41, 5.74) is 10.5. The summed E-state index contributed by atoms with van der Waals surface area (Å²) in [5.74, 6) is -0.0739. The smallest absolute Gasteiger partial charge is 0.224 e.